The third kappa shape index (κ3) is 1.83. The van der Waals surface area contributed by atoms with Gasteiger partial charge in [0.05, 0.1) is 6.20 Å². The highest BCUT2D eigenvalue weighted by atomic mass is 19.3. The number of nitrogens with two attached hydrogens (primary N) is 1. The molecule has 18 heavy (non-hydrogen) atoms. The van der Waals surface area contributed by atoms with Crippen molar-refractivity contribution in [2.45, 2.75) is 18.8 Å². The first kappa shape index (κ1) is 11.1. The first-order valence-corrected chi connectivity index (χ1v) is 5.64. The summed E-state index contributed by atoms with van der Waals surface area (Å²) in [5.41, 5.74) is 6.21. The van der Waals surface area contributed by atoms with E-state index in [1.165, 1.54) is 10.8 Å². The maximum absolute atomic E-state index is 13.1. The average molecular weight is 254 g/mol. The van der Waals surface area contributed by atoms with Gasteiger partial charge in [0.1, 0.15) is 12.1 Å². The molecule has 3 rings (SSSR count). The first-order valence-electron chi connectivity index (χ1n) is 5.64. The lowest BCUT2D eigenvalue weighted by atomic mass is 10.1. The molecule has 0 aromatic carbocycles. The number of alkyl halides is 2. The Labute approximate surface area is 101 Å². The van der Waals surface area contributed by atoms with Gasteiger partial charge >= 0.3 is 0 Å². The van der Waals surface area contributed by atoms with Gasteiger partial charge in [0, 0.05) is 25.9 Å². The van der Waals surface area contributed by atoms with Crippen LogP contribution in [-0.2, 0) is 0 Å². The van der Waals surface area contributed by atoms with Crippen LogP contribution >= 0.6 is 0 Å². The molecular formula is C10H12F2N6. The van der Waals surface area contributed by atoms with Crippen molar-refractivity contribution in [3.8, 4) is 0 Å². The number of hydrogen-bond acceptors (Lipinski definition) is 5. The monoisotopic (exact) mass is 254 g/mol. The minimum atomic E-state index is -2.58. The fraction of sp³-hybridized carbons (Fsp3) is 0.500. The SMILES string of the molecule is Nc1cn2ncnc2c(N2CCC(F)(F)CC2)n1. The van der Waals surface area contributed by atoms with Crippen molar-refractivity contribution in [3.63, 3.8) is 0 Å². The van der Waals surface area contributed by atoms with E-state index in [1.807, 2.05) is 0 Å². The fourth-order valence-electron chi connectivity index (χ4n) is 2.09. The summed E-state index contributed by atoms with van der Waals surface area (Å²) in [7, 11) is 0. The third-order valence-corrected chi connectivity index (χ3v) is 3.06. The van der Waals surface area contributed by atoms with Gasteiger partial charge in [-0.1, -0.05) is 0 Å². The van der Waals surface area contributed by atoms with E-state index in [1.54, 1.807) is 11.1 Å². The molecule has 96 valence electrons. The van der Waals surface area contributed by atoms with Crippen molar-refractivity contribution in [2.75, 3.05) is 23.7 Å². The average Bonchev–Trinajstić information content (AvgIpc) is 2.76. The van der Waals surface area contributed by atoms with Crippen LogP contribution in [0.5, 0.6) is 0 Å². The molecule has 0 bridgehead atoms. The van der Waals surface area contributed by atoms with E-state index in [0.29, 0.717) is 17.3 Å². The van der Waals surface area contributed by atoms with E-state index in [0.717, 1.165) is 0 Å². The highest BCUT2D eigenvalue weighted by Crippen LogP contribution is 2.31. The molecule has 0 spiro atoms. The Morgan fingerprint density at radius 1 is 1.28 bits per heavy atom. The molecule has 0 saturated carbocycles. The summed E-state index contributed by atoms with van der Waals surface area (Å²) in [5.74, 6) is -1.77. The van der Waals surface area contributed by atoms with Gasteiger partial charge in [0.15, 0.2) is 11.5 Å². The third-order valence-electron chi connectivity index (χ3n) is 3.06. The van der Waals surface area contributed by atoms with E-state index in [2.05, 4.69) is 15.1 Å². The first-order chi connectivity index (χ1) is 8.55. The van der Waals surface area contributed by atoms with Crippen LogP contribution in [-0.4, -0.2) is 38.6 Å². The van der Waals surface area contributed by atoms with Crippen molar-refractivity contribution >= 4 is 17.3 Å². The van der Waals surface area contributed by atoms with Crippen molar-refractivity contribution in [1.29, 1.82) is 0 Å². The van der Waals surface area contributed by atoms with Crippen molar-refractivity contribution in [1.82, 2.24) is 19.6 Å². The second-order valence-corrected chi connectivity index (χ2v) is 4.36. The molecule has 1 saturated heterocycles. The summed E-state index contributed by atoms with van der Waals surface area (Å²) in [4.78, 5) is 10.0. The number of rotatable bonds is 1. The number of hydrogen-bond donors (Lipinski definition) is 1. The van der Waals surface area contributed by atoms with Crippen molar-refractivity contribution in [3.05, 3.63) is 12.5 Å². The normalized spacial score (nSPS) is 19.3. The Morgan fingerprint density at radius 3 is 2.72 bits per heavy atom. The Hall–Kier alpha value is -1.99. The van der Waals surface area contributed by atoms with E-state index in [4.69, 9.17) is 5.73 Å². The number of anilines is 2. The second-order valence-electron chi connectivity index (χ2n) is 4.36. The molecule has 3 heterocycles. The Balaban J connectivity index is 1.97. The maximum Gasteiger partial charge on any atom is 0.251 e. The number of nitrogens with zero attached hydrogens (tertiary/aromatic N) is 5. The largest absolute Gasteiger partial charge is 0.382 e. The lowest BCUT2D eigenvalue weighted by molar-refractivity contribution is -0.0221. The number of halogens is 2. The predicted molar refractivity (Wildman–Crippen MR) is 61.6 cm³/mol. The van der Waals surface area contributed by atoms with E-state index in [-0.39, 0.29) is 25.9 Å². The van der Waals surface area contributed by atoms with Crippen LogP contribution in [0.15, 0.2) is 12.5 Å². The van der Waals surface area contributed by atoms with Crippen LogP contribution in [0, 0.1) is 0 Å². The van der Waals surface area contributed by atoms with Crippen LogP contribution in [0.1, 0.15) is 12.8 Å². The molecule has 1 aliphatic rings. The molecule has 0 atom stereocenters. The van der Waals surface area contributed by atoms with Crippen molar-refractivity contribution in [2.24, 2.45) is 0 Å². The van der Waals surface area contributed by atoms with Crippen molar-refractivity contribution < 1.29 is 8.78 Å². The van der Waals surface area contributed by atoms with Gasteiger partial charge in [0.2, 0.25) is 0 Å². The maximum atomic E-state index is 13.1. The molecule has 8 heteroatoms. The highest BCUT2D eigenvalue weighted by Gasteiger charge is 2.35. The fourth-order valence-corrected chi connectivity index (χ4v) is 2.09. The van der Waals surface area contributed by atoms with Gasteiger partial charge in [0.25, 0.3) is 5.92 Å². The van der Waals surface area contributed by atoms with Crippen LogP contribution in [0.2, 0.25) is 0 Å². The van der Waals surface area contributed by atoms with Gasteiger partial charge in [-0.3, -0.25) is 0 Å². The lowest BCUT2D eigenvalue weighted by Crippen LogP contribution is -2.40. The Kier molecular flexibility index (Phi) is 2.32. The quantitative estimate of drug-likeness (QED) is 0.820. The molecule has 2 N–H and O–H groups in total. The minimum Gasteiger partial charge on any atom is -0.382 e. The van der Waals surface area contributed by atoms with Gasteiger partial charge in [-0.05, 0) is 0 Å². The number of piperidine rings is 1. The Bertz CT molecular complexity index is 571. The van der Waals surface area contributed by atoms with Crippen LogP contribution < -0.4 is 10.6 Å². The zero-order chi connectivity index (χ0) is 12.8. The lowest BCUT2D eigenvalue weighted by Gasteiger charge is -2.32. The summed E-state index contributed by atoms with van der Waals surface area (Å²) in [6.45, 7) is 0.484. The summed E-state index contributed by atoms with van der Waals surface area (Å²) in [5, 5.41) is 3.97. The number of nitrogen functional groups attached to an aromatic ring is 1. The summed E-state index contributed by atoms with van der Waals surface area (Å²) in [6.07, 6.45) is 2.58. The van der Waals surface area contributed by atoms with Gasteiger partial charge < -0.3 is 10.6 Å². The van der Waals surface area contributed by atoms with Gasteiger partial charge in [-0.25, -0.2) is 23.3 Å². The van der Waals surface area contributed by atoms with Gasteiger partial charge in [-0.2, -0.15) is 5.10 Å². The molecular weight excluding hydrogens is 242 g/mol. The molecule has 0 amide bonds. The molecule has 1 fully saturated rings. The molecule has 0 radical (unpaired) electrons. The molecule has 0 unspecified atom stereocenters. The molecule has 2 aromatic rings. The van der Waals surface area contributed by atoms with Crippen LogP contribution in [0.3, 0.4) is 0 Å². The summed E-state index contributed by atoms with van der Waals surface area (Å²) >= 11 is 0. The van der Waals surface area contributed by atoms with E-state index < -0.39 is 5.92 Å². The summed E-state index contributed by atoms with van der Waals surface area (Å²) in [6, 6.07) is 0. The topological polar surface area (TPSA) is 72.3 Å². The second kappa shape index (κ2) is 3.76. The Morgan fingerprint density at radius 2 is 2.00 bits per heavy atom. The van der Waals surface area contributed by atoms with Crippen LogP contribution in [0.4, 0.5) is 20.4 Å². The van der Waals surface area contributed by atoms with Crippen LogP contribution in [0.25, 0.3) is 5.65 Å². The smallest absolute Gasteiger partial charge is 0.251 e. The standard InChI is InChI=1S/C10H12F2N6/c11-10(12)1-3-17(4-2-10)9-8-14-6-15-18(8)5-7(13)16-9/h5-6H,1-4,13H2. The molecule has 6 nitrogen and oxygen atoms in total. The molecule has 2 aromatic heterocycles. The van der Waals surface area contributed by atoms with E-state index >= 15 is 0 Å². The van der Waals surface area contributed by atoms with E-state index in [9.17, 15) is 8.78 Å². The minimum absolute atomic E-state index is 0.177. The predicted octanol–water partition coefficient (Wildman–Crippen LogP) is 0.942. The zero-order valence-electron chi connectivity index (χ0n) is 9.55. The molecule has 0 aliphatic carbocycles. The number of aromatic nitrogens is 4. The zero-order valence-corrected chi connectivity index (χ0v) is 9.55. The number of fused-ring (bicyclic) bond motifs is 1. The molecule has 1 aliphatic heterocycles. The summed E-state index contributed by atoms with van der Waals surface area (Å²) < 4.78 is 27.7. The highest BCUT2D eigenvalue weighted by molar-refractivity contribution is 5.65. The van der Waals surface area contributed by atoms with Gasteiger partial charge in [-0.15, -0.1) is 0 Å².